The Morgan fingerprint density at radius 3 is 2.69 bits per heavy atom. The summed E-state index contributed by atoms with van der Waals surface area (Å²) >= 11 is 3.49. The Morgan fingerprint density at radius 1 is 1.08 bits per heavy atom. The monoisotopic (exact) mass is 409 g/mol. The summed E-state index contributed by atoms with van der Waals surface area (Å²) in [7, 11) is 0. The largest absolute Gasteiger partial charge is 0.364 e. The average molecular weight is 410 g/mol. The molecule has 1 aliphatic rings. The summed E-state index contributed by atoms with van der Waals surface area (Å²) in [6.07, 6.45) is 2.74. The Balaban J connectivity index is 1.66. The quantitative estimate of drug-likeness (QED) is 0.679. The van der Waals surface area contributed by atoms with E-state index in [9.17, 15) is 4.79 Å². The maximum Gasteiger partial charge on any atom is 0.253 e. The van der Waals surface area contributed by atoms with E-state index in [1.165, 1.54) is 5.56 Å². The van der Waals surface area contributed by atoms with Gasteiger partial charge in [0.15, 0.2) is 0 Å². The van der Waals surface area contributed by atoms with E-state index in [-0.39, 0.29) is 11.9 Å². The molecular formula is C21H20BrN3O. The van der Waals surface area contributed by atoms with E-state index in [0.717, 1.165) is 35.4 Å². The SMILES string of the molecule is O=C1NC(Cc2ccccc2)CN(Cc2ccc[nH]2)c2ccc(Br)cc21. The van der Waals surface area contributed by atoms with Crippen LogP contribution in [0.4, 0.5) is 5.69 Å². The van der Waals surface area contributed by atoms with Crippen molar-refractivity contribution in [3.05, 3.63) is 88.2 Å². The van der Waals surface area contributed by atoms with E-state index in [1.54, 1.807) is 0 Å². The minimum absolute atomic E-state index is 0.0174. The Labute approximate surface area is 161 Å². The number of carbonyl (C=O) groups excluding carboxylic acids is 1. The van der Waals surface area contributed by atoms with Crippen LogP contribution < -0.4 is 10.2 Å². The van der Waals surface area contributed by atoms with Crippen LogP contribution in [0.25, 0.3) is 0 Å². The highest BCUT2D eigenvalue weighted by atomic mass is 79.9. The third kappa shape index (κ3) is 3.68. The molecule has 1 amide bonds. The van der Waals surface area contributed by atoms with Crippen molar-refractivity contribution in [3.63, 3.8) is 0 Å². The Bertz CT molecular complexity index is 893. The van der Waals surface area contributed by atoms with Crippen LogP contribution in [0.2, 0.25) is 0 Å². The van der Waals surface area contributed by atoms with Crippen LogP contribution in [0, 0.1) is 0 Å². The lowest BCUT2D eigenvalue weighted by Gasteiger charge is -2.27. The molecule has 4 nitrogen and oxygen atoms in total. The minimum atomic E-state index is -0.0174. The number of nitrogens with zero attached hydrogens (tertiary/aromatic N) is 1. The Hall–Kier alpha value is -2.53. The van der Waals surface area contributed by atoms with E-state index >= 15 is 0 Å². The molecule has 4 rings (SSSR count). The van der Waals surface area contributed by atoms with Gasteiger partial charge in [0.25, 0.3) is 5.91 Å². The molecule has 1 unspecified atom stereocenters. The summed E-state index contributed by atoms with van der Waals surface area (Å²) in [5, 5.41) is 3.21. The van der Waals surface area contributed by atoms with Gasteiger partial charge in [-0.3, -0.25) is 4.79 Å². The number of nitrogens with one attached hydrogen (secondary N) is 2. The van der Waals surface area contributed by atoms with Crippen LogP contribution in [0.15, 0.2) is 71.3 Å². The number of hydrogen-bond acceptors (Lipinski definition) is 2. The van der Waals surface area contributed by atoms with Crippen molar-refractivity contribution in [1.82, 2.24) is 10.3 Å². The number of fused-ring (bicyclic) bond motifs is 1. The van der Waals surface area contributed by atoms with Crippen molar-refractivity contribution in [2.24, 2.45) is 0 Å². The lowest BCUT2D eigenvalue weighted by Crippen LogP contribution is -2.41. The number of aromatic nitrogens is 1. The molecule has 2 heterocycles. The fourth-order valence-electron chi connectivity index (χ4n) is 3.47. The molecule has 0 aliphatic carbocycles. The molecule has 132 valence electrons. The van der Waals surface area contributed by atoms with E-state index in [2.05, 4.69) is 49.3 Å². The molecule has 1 aliphatic heterocycles. The molecule has 26 heavy (non-hydrogen) atoms. The number of anilines is 1. The van der Waals surface area contributed by atoms with Gasteiger partial charge in [-0.05, 0) is 42.3 Å². The van der Waals surface area contributed by atoms with Gasteiger partial charge in [0.1, 0.15) is 0 Å². The van der Waals surface area contributed by atoms with Gasteiger partial charge in [-0.15, -0.1) is 0 Å². The maximum absolute atomic E-state index is 12.8. The van der Waals surface area contributed by atoms with Gasteiger partial charge < -0.3 is 15.2 Å². The van der Waals surface area contributed by atoms with Crippen molar-refractivity contribution in [1.29, 1.82) is 0 Å². The van der Waals surface area contributed by atoms with E-state index in [1.807, 2.05) is 48.7 Å². The van der Waals surface area contributed by atoms with Crippen molar-refractivity contribution >= 4 is 27.5 Å². The van der Waals surface area contributed by atoms with E-state index < -0.39 is 0 Å². The summed E-state index contributed by atoms with van der Waals surface area (Å²) in [4.78, 5) is 18.4. The normalized spacial score (nSPS) is 16.7. The third-order valence-corrected chi connectivity index (χ3v) is 5.16. The van der Waals surface area contributed by atoms with Gasteiger partial charge in [-0.1, -0.05) is 46.3 Å². The molecule has 0 saturated heterocycles. The zero-order chi connectivity index (χ0) is 17.9. The molecule has 2 N–H and O–H groups in total. The van der Waals surface area contributed by atoms with Gasteiger partial charge in [0, 0.05) is 22.9 Å². The number of aromatic amines is 1. The fraction of sp³-hybridized carbons (Fsp3) is 0.190. The lowest BCUT2D eigenvalue weighted by molar-refractivity contribution is 0.0942. The van der Waals surface area contributed by atoms with Gasteiger partial charge in [0.2, 0.25) is 0 Å². The van der Waals surface area contributed by atoms with Crippen LogP contribution in [-0.4, -0.2) is 23.5 Å². The van der Waals surface area contributed by atoms with E-state index in [4.69, 9.17) is 0 Å². The van der Waals surface area contributed by atoms with Crippen molar-refractivity contribution in [2.45, 2.75) is 19.0 Å². The van der Waals surface area contributed by atoms with Crippen LogP contribution in [0.5, 0.6) is 0 Å². The molecule has 3 aromatic rings. The highest BCUT2D eigenvalue weighted by Crippen LogP contribution is 2.28. The maximum atomic E-state index is 12.8. The van der Waals surface area contributed by atoms with Crippen LogP contribution in [0.3, 0.4) is 0 Å². The van der Waals surface area contributed by atoms with Crippen LogP contribution in [-0.2, 0) is 13.0 Å². The fourth-order valence-corrected chi connectivity index (χ4v) is 3.84. The summed E-state index contributed by atoms with van der Waals surface area (Å²) in [6.45, 7) is 1.50. The molecule has 0 fully saturated rings. The first-order valence-corrected chi connectivity index (χ1v) is 9.50. The van der Waals surface area contributed by atoms with Gasteiger partial charge in [0.05, 0.1) is 23.8 Å². The highest BCUT2D eigenvalue weighted by Gasteiger charge is 2.27. The number of hydrogen-bond donors (Lipinski definition) is 2. The first kappa shape index (κ1) is 16.9. The topological polar surface area (TPSA) is 48.1 Å². The number of benzene rings is 2. The van der Waals surface area contributed by atoms with Gasteiger partial charge in [-0.2, -0.15) is 0 Å². The summed E-state index contributed by atoms with van der Waals surface area (Å²) in [5.41, 5.74) is 4.04. The standard InChI is InChI=1S/C21H20BrN3O/c22-16-8-9-20-19(12-16)21(26)24-18(11-15-5-2-1-3-6-15)14-25(20)13-17-7-4-10-23-17/h1-10,12,18,23H,11,13-14H2,(H,24,26). The number of H-pyrrole nitrogens is 1. The molecule has 1 aromatic heterocycles. The zero-order valence-electron chi connectivity index (χ0n) is 14.3. The molecule has 0 radical (unpaired) electrons. The molecule has 0 bridgehead atoms. The highest BCUT2D eigenvalue weighted by molar-refractivity contribution is 9.10. The second-order valence-electron chi connectivity index (χ2n) is 6.60. The van der Waals surface area contributed by atoms with Crippen LogP contribution in [0.1, 0.15) is 21.6 Å². The third-order valence-electron chi connectivity index (χ3n) is 4.67. The number of rotatable bonds is 4. The summed E-state index contributed by atoms with van der Waals surface area (Å²) in [6, 6.07) is 20.3. The molecule has 2 aromatic carbocycles. The minimum Gasteiger partial charge on any atom is -0.364 e. The van der Waals surface area contributed by atoms with Crippen molar-refractivity contribution in [3.8, 4) is 0 Å². The van der Waals surface area contributed by atoms with Gasteiger partial charge >= 0.3 is 0 Å². The second kappa shape index (κ2) is 7.38. The zero-order valence-corrected chi connectivity index (χ0v) is 15.9. The predicted octanol–water partition coefficient (Wildman–Crippen LogP) is 4.14. The number of carbonyl (C=O) groups is 1. The molecule has 0 spiro atoms. The average Bonchev–Trinajstić information content (AvgIpc) is 3.11. The molecular weight excluding hydrogens is 390 g/mol. The first-order chi connectivity index (χ1) is 12.7. The second-order valence-corrected chi connectivity index (χ2v) is 7.51. The number of amides is 1. The van der Waals surface area contributed by atoms with Crippen molar-refractivity contribution in [2.75, 3.05) is 11.4 Å². The lowest BCUT2D eigenvalue weighted by atomic mass is 10.1. The molecule has 1 atom stereocenters. The van der Waals surface area contributed by atoms with Crippen LogP contribution >= 0.6 is 15.9 Å². The van der Waals surface area contributed by atoms with Crippen molar-refractivity contribution < 1.29 is 4.79 Å². The number of halogens is 1. The predicted molar refractivity (Wildman–Crippen MR) is 107 cm³/mol. The molecule has 5 heteroatoms. The van der Waals surface area contributed by atoms with E-state index in [0.29, 0.717) is 5.56 Å². The smallest absolute Gasteiger partial charge is 0.253 e. The summed E-state index contributed by atoms with van der Waals surface area (Å²) in [5.74, 6) is -0.0174. The Morgan fingerprint density at radius 2 is 1.92 bits per heavy atom. The Kier molecular flexibility index (Phi) is 4.80. The molecule has 0 saturated carbocycles. The first-order valence-electron chi connectivity index (χ1n) is 8.70. The summed E-state index contributed by atoms with van der Waals surface area (Å²) < 4.78 is 0.910. The van der Waals surface area contributed by atoms with Gasteiger partial charge in [-0.25, -0.2) is 0 Å².